The summed E-state index contributed by atoms with van der Waals surface area (Å²) in [6, 6.07) is 42.8. The lowest BCUT2D eigenvalue weighted by molar-refractivity contribution is 0.354. The van der Waals surface area contributed by atoms with Gasteiger partial charge in [0.25, 0.3) is 0 Å². The van der Waals surface area contributed by atoms with Crippen LogP contribution in [0.15, 0.2) is 127 Å². The Bertz CT molecular complexity index is 1770. The van der Waals surface area contributed by atoms with Gasteiger partial charge in [-0.1, -0.05) is 109 Å². The fourth-order valence-electron chi connectivity index (χ4n) is 5.24. The first kappa shape index (κ1) is 25.9. The first-order chi connectivity index (χ1) is 20.2. The summed E-state index contributed by atoms with van der Waals surface area (Å²) in [5.74, 6) is 1.28. The molecule has 5 aromatic carbocycles. The van der Waals surface area contributed by atoms with Gasteiger partial charge in [-0.25, -0.2) is 0 Å². The van der Waals surface area contributed by atoms with Crippen molar-refractivity contribution >= 4 is 28.8 Å². The van der Waals surface area contributed by atoms with Crippen LogP contribution in [0.25, 0.3) is 34.2 Å². The quantitative estimate of drug-likeness (QED) is 0.206. The van der Waals surface area contributed by atoms with Gasteiger partial charge in [-0.3, -0.25) is 5.41 Å². The zero-order valence-corrected chi connectivity index (χ0v) is 23.0. The second kappa shape index (κ2) is 11.4. The average Bonchev–Trinajstić information content (AvgIpc) is 3.05. The van der Waals surface area contributed by atoms with Crippen LogP contribution in [0, 0.1) is 5.41 Å². The Hall–Kier alpha value is -5.35. The molecule has 0 saturated carbocycles. The normalized spacial score (nSPS) is 13.4. The number of nitrogens with one attached hydrogen (secondary N) is 2. The van der Waals surface area contributed by atoms with E-state index >= 15 is 0 Å². The molecule has 0 aliphatic carbocycles. The number of hydrogen-bond donors (Lipinski definition) is 2. The number of rotatable bonds is 7. The fraction of sp³-hybridized carbons (Fsp3) is 0.0541. The summed E-state index contributed by atoms with van der Waals surface area (Å²) in [6.45, 7) is 0. The summed E-state index contributed by atoms with van der Waals surface area (Å²) in [5.41, 5.74) is 9.95. The lowest BCUT2D eigenvalue weighted by Crippen LogP contribution is -2.20. The first-order valence-corrected chi connectivity index (χ1v) is 13.5. The SMILES string of the molecule is COc1cc2c(cc1OC)/C(=C(/C(=N)c1ccccc1)c1cccc(-c3ccccc3)c1)NC(c1ccccc1)=C2. The molecular formula is C37H30N2O2. The molecule has 0 spiro atoms. The molecule has 200 valence electrons. The third-order valence-corrected chi connectivity index (χ3v) is 7.29. The Morgan fingerprint density at radius 3 is 1.80 bits per heavy atom. The minimum Gasteiger partial charge on any atom is -0.493 e. The van der Waals surface area contributed by atoms with E-state index < -0.39 is 0 Å². The standard InChI is InChI=1S/C37H30N2O2/c1-40-33-23-30-22-32(26-15-8-4-9-16-26)39-37(31(30)24-34(33)41-2)35(36(38)27-17-10-5-11-18-27)29-20-12-19-28(21-29)25-13-6-3-7-14-25/h3-24,38-39H,1-2H3/b37-35-,38-36?. The topological polar surface area (TPSA) is 54.3 Å². The molecule has 1 heterocycles. The van der Waals surface area contributed by atoms with Crippen molar-refractivity contribution in [1.82, 2.24) is 5.32 Å². The van der Waals surface area contributed by atoms with Crippen molar-refractivity contribution < 1.29 is 9.47 Å². The predicted molar refractivity (Wildman–Crippen MR) is 169 cm³/mol. The Morgan fingerprint density at radius 1 is 0.585 bits per heavy atom. The maximum atomic E-state index is 9.55. The van der Waals surface area contributed by atoms with Crippen molar-refractivity contribution in [1.29, 1.82) is 5.41 Å². The molecule has 0 radical (unpaired) electrons. The van der Waals surface area contributed by atoms with Crippen molar-refractivity contribution in [3.63, 3.8) is 0 Å². The number of methoxy groups -OCH3 is 2. The highest BCUT2D eigenvalue weighted by Crippen LogP contribution is 2.41. The summed E-state index contributed by atoms with van der Waals surface area (Å²) < 4.78 is 11.4. The molecule has 0 fully saturated rings. The van der Waals surface area contributed by atoms with Gasteiger partial charge >= 0.3 is 0 Å². The third kappa shape index (κ3) is 5.15. The van der Waals surface area contributed by atoms with E-state index in [1.54, 1.807) is 14.2 Å². The van der Waals surface area contributed by atoms with E-state index in [-0.39, 0.29) is 0 Å². The molecule has 1 aliphatic rings. The van der Waals surface area contributed by atoms with E-state index in [1.807, 2.05) is 78.9 Å². The predicted octanol–water partition coefficient (Wildman–Crippen LogP) is 8.41. The number of benzene rings is 5. The van der Waals surface area contributed by atoms with Crippen molar-refractivity contribution in [3.05, 3.63) is 155 Å². The van der Waals surface area contributed by atoms with Gasteiger partial charge in [0.05, 0.1) is 25.6 Å². The van der Waals surface area contributed by atoms with Gasteiger partial charge in [0.15, 0.2) is 11.5 Å². The molecule has 0 unspecified atom stereocenters. The molecule has 0 atom stereocenters. The van der Waals surface area contributed by atoms with E-state index in [0.29, 0.717) is 17.2 Å². The molecule has 6 rings (SSSR count). The minimum atomic E-state index is 0.424. The first-order valence-electron chi connectivity index (χ1n) is 13.5. The Labute approximate surface area is 240 Å². The van der Waals surface area contributed by atoms with E-state index in [0.717, 1.165) is 55.9 Å². The van der Waals surface area contributed by atoms with Crippen LogP contribution >= 0.6 is 0 Å². The molecule has 4 nitrogen and oxygen atoms in total. The van der Waals surface area contributed by atoms with Crippen LogP contribution in [0.5, 0.6) is 11.5 Å². The molecule has 0 aromatic heterocycles. The van der Waals surface area contributed by atoms with Gasteiger partial charge in [-0.2, -0.15) is 0 Å². The lowest BCUT2D eigenvalue weighted by Gasteiger charge is -2.27. The van der Waals surface area contributed by atoms with Crippen LogP contribution in [-0.2, 0) is 0 Å². The van der Waals surface area contributed by atoms with Crippen LogP contribution in [-0.4, -0.2) is 19.9 Å². The molecule has 2 N–H and O–H groups in total. The maximum absolute atomic E-state index is 9.55. The second-order valence-electron chi connectivity index (χ2n) is 9.78. The summed E-state index contributed by atoms with van der Waals surface area (Å²) in [4.78, 5) is 0. The monoisotopic (exact) mass is 534 g/mol. The van der Waals surface area contributed by atoms with Gasteiger partial charge in [-0.05, 0) is 52.1 Å². The summed E-state index contributed by atoms with van der Waals surface area (Å²) in [5, 5.41) is 13.3. The highest BCUT2D eigenvalue weighted by atomic mass is 16.5. The molecule has 41 heavy (non-hydrogen) atoms. The van der Waals surface area contributed by atoms with Crippen LogP contribution in [0.2, 0.25) is 0 Å². The molecule has 4 heteroatoms. The van der Waals surface area contributed by atoms with Crippen LogP contribution in [0.1, 0.15) is 27.8 Å². The molecule has 0 bridgehead atoms. The Kier molecular flexibility index (Phi) is 7.21. The van der Waals surface area contributed by atoms with Crippen molar-refractivity contribution in [2.45, 2.75) is 0 Å². The number of ether oxygens (including phenoxy) is 2. The summed E-state index contributed by atoms with van der Waals surface area (Å²) in [7, 11) is 3.29. The molecule has 1 aliphatic heterocycles. The van der Waals surface area contributed by atoms with Crippen molar-refractivity contribution in [2.24, 2.45) is 0 Å². The van der Waals surface area contributed by atoms with Gasteiger partial charge in [0.2, 0.25) is 0 Å². The van der Waals surface area contributed by atoms with Crippen molar-refractivity contribution in [2.75, 3.05) is 14.2 Å². The lowest BCUT2D eigenvalue weighted by atomic mass is 9.87. The highest BCUT2D eigenvalue weighted by Gasteiger charge is 2.26. The smallest absolute Gasteiger partial charge is 0.161 e. The van der Waals surface area contributed by atoms with Crippen molar-refractivity contribution in [3.8, 4) is 22.6 Å². The van der Waals surface area contributed by atoms with Gasteiger partial charge in [0, 0.05) is 22.4 Å². The molecule has 0 amide bonds. The fourth-order valence-corrected chi connectivity index (χ4v) is 5.24. The maximum Gasteiger partial charge on any atom is 0.161 e. The zero-order valence-electron chi connectivity index (χ0n) is 23.0. The van der Waals surface area contributed by atoms with Gasteiger partial charge in [0.1, 0.15) is 0 Å². The van der Waals surface area contributed by atoms with E-state index in [9.17, 15) is 5.41 Å². The number of hydrogen-bond acceptors (Lipinski definition) is 4. The zero-order chi connectivity index (χ0) is 28.2. The molecule has 0 saturated heterocycles. The third-order valence-electron chi connectivity index (χ3n) is 7.29. The van der Waals surface area contributed by atoms with Crippen LogP contribution < -0.4 is 14.8 Å². The van der Waals surface area contributed by atoms with E-state index in [2.05, 4.69) is 59.9 Å². The van der Waals surface area contributed by atoms with Gasteiger partial charge in [-0.15, -0.1) is 0 Å². The van der Waals surface area contributed by atoms with Gasteiger partial charge < -0.3 is 14.8 Å². The number of fused-ring (bicyclic) bond motifs is 1. The Morgan fingerprint density at radius 2 is 1.15 bits per heavy atom. The average molecular weight is 535 g/mol. The number of allylic oxidation sites excluding steroid dienone is 1. The largest absolute Gasteiger partial charge is 0.493 e. The minimum absolute atomic E-state index is 0.424. The molecule has 5 aromatic rings. The molecular weight excluding hydrogens is 504 g/mol. The summed E-state index contributed by atoms with van der Waals surface area (Å²) in [6.07, 6.45) is 2.13. The Balaban J connectivity index is 1.65. The summed E-state index contributed by atoms with van der Waals surface area (Å²) >= 11 is 0. The second-order valence-corrected chi connectivity index (χ2v) is 9.78. The highest BCUT2D eigenvalue weighted by molar-refractivity contribution is 6.36. The van der Waals surface area contributed by atoms with E-state index in [1.165, 1.54) is 0 Å². The van der Waals surface area contributed by atoms with Crippen LogP contribution in [0.4, 0.5) is 0 Å². The van der Waals surface area contributed by atoms with Crippen LogP contribution in [0.3, 0.4) is 0 Å². The van der Waals surface area contributed by atoms with E-state index in [4.69, 9.17) is 9.47 Å².